The Balaban J connectivity index is 4.02. The number of aliphatic hydroxyl groups is 1. The van der Waals surface area contributed by atoms with Crippen LogP contribution >= 0.6 is 0 Å². The molecule has 0 aliphatic carbocycles. The van der Waals surface area contributed by atoms with Crippen molar-refractivity contribution in [3.63, 3.8) is 0 Å². The molecule has 2 atom stereocenters. The first-order valence-electron chi connectivity index (χ1n) is 19.1. The van der Waals surface area contributed by atoms with Gasteiger partial charge in [-0.2, -0.15) is 0 Å². The minimum atomic E-state index is -0.0793. The van der Waals surface area contributed by atoms with Gasteiger partial charge in [0.25, 0.3) is 0 Å². The maximum absolute atomic E-state index is 11.1. The summed E-state index contributed by atoms with van der Waals surface area (Å²) < 4.78 is 0. The summed E-state index contributed by atoms with van der Waals surface area (Å²) in [5.41, 5.74) is 0. The quantitative estimate of drug-likeness (QED) is 0.0610. The molecular formula is C39H78O. The molecule has 1 nitrogen and oxygen atoms in total. The Morgan fingerprint density at radius 1 is 0.350 bits per heavy atom. The Morgan fingerprint density at radius 2 is 0.675 bits per heavy atom. The molecule has 0 spiro atoms. The van der Waals surface area contributed by atoms with Gasteiger partial charge in [0.05, 0.1) is 6.10 Å². The van der Waals surface area contributed by atoms with Crippen molar-refractivity contribution in [2.45, 2.75) is 232 Å². The van der Waals surface area contributed by atoms with Crippen LogP contribution in [0, 0.1) is 5.92 Å². The number of aliphatic hydroxyl groups excluding tert-OH is 1. The molecule has 0 saturated heterocycles. The number of unbranched alkanes of at least 4 members (excludes halogenated alkanes) is 25. The molecule has 0 aliphatic heterocycles. The first-order chi connectivity index (χ1) is 19.8. The van der Waals surface area contributed by atoms with Crippen LogP contribution < -0.4 is 0 Å². The van der Waals surface area contributed by atoms with Crippen molar-refractivity contribution in [1.82, 2.24) is 0 Å². The second kappa shape index (κ2) is 34.9. The highest BCUT2D eigenvalue weighted by Gasteiger charge is 2.18. The lowest BCUT2D eigenvalue weighted by atomic mass is 9.88. The normalized spacial score (nSPS) is 13.4. The maximum atomic E-state index is 11.1. The molecule has 2 unspecified atom stereocenters. The van der Waals surface area contributed by atoms with Crippen LogP contribution in [0.3, 0.4) is 0 Å². The average Bonchev–Trinajstić information content (AvgIpc) is 2.96. The Labute approximate surface area is 255 Å². The van der Waals surface area contributed by atoms with E-state index in [9.17, 15) is 5.11 Å². The summed E-state index contributed by atoms with van der Waals surface area (Å²) in [7, 11) is 0. The SMILES string of the molecule is CCCCC/C=C\CCC(CCCCCCCCCCCCCC)C(O)CCCCCCCCCCCCCC. The highest BCUT2D eigenvalue weighted by atomic mass is 16.3. The fraction of sp³-hybridized carbons (Fsp3) is 0.949. The third kappa shape index (κ3) is 30.7. The summed E-state index contributed by atoms with van der Waals surface area (Å²) in [5.74, 6) is 0.510. The third-order valence-corrected chi connectivity index (χ3v) is 9.17. The van der Waals surface area contributed by atoms with E-state index < -0.39 is 0 Å². The van der Waals surface area contributed by atoms with E-state index in [4.69, 9.17) is 0 Å². The Bertz CT molecular complexity index is 469. The lowest BCUT2D eigenvalue weighted by Gasteiger charge is -2.23. The van der Waals surface area contributed by atoms with Crippen LogP contribution in [0.25, 0.3) is 0 Å². The van der Waals surface area contributed by atoms with E-state index in [2.05, 4.69) is 32.9 Å². The smallest absolute Gasteiger partial charge is 0.0568 e. The first kappa shape index (κ1) is 39.7. The molecule has 0 heterocycles. The summed E-state index contributed by atoms with van der Waals surface area (Å²) in [4.78, 5) is 0. The Kier molecular flexibility index (Phi) is 34.6. The van der Waals surface area contributed by atoms with Gasteiger partial charge in [-0.05, 0) is 44.4 Å². The molecule has 1 N–H and O–H groups in total. The molecule has 0 fully saturated rings. The van der Waals surface area contributed by atoms with Crippen LogP contribution in [-0.2, 0) is 0 Å². The molecule has 0 saturated carbocycles. The van der Waals surface area contributed by atoms with Gasteiger partial charge in [-0.1, -0.05) is 200 Å². The van der Waals surface area contributed by atoms with E-state index >= 15 is 0 Å². The van der Waals surface area contributed by atoms with Crippen molar-refractivity contribution >= 4 is 0 Å². The predicted octanol–water partition coefficient (Wildman–Crippen LogP) is 14.1. The van der Waals surface area contributed by atoms with Gasteiger partial charge < -0.3 is 5.11 Å². The summed E-state index contributed by atoms with van der Waals surface area (Å²) in [6, 6.07) is 0. The Morgan fingerprint density at radius 3 is 1.10 bits per heavy atom. The van der Waals surface area contributed by atoms with E-state index in [1.807, 2.05) is 0 Å². The summed E-state index contributed by atoms with van der Waals surface area (Å²) in [5, 5.41) is 11.1. The van der Waals surface area contributed by atoms with E-state index in [1.165, 1.54) is 193 Å². The molecule has 0 radical (unpaired) electrons. The van der Waals surface area contributed by atoms with Crippen LogP contribution in [-0.4, -0.2) is 11.2 Å². The minimum Gasteiger partial charge on any atom is -0.393 e. The average molecular weight is 563 g/mol. The maximum Gasteiger partial charge on any atom is 0.0568 e. The highest BCUT2D eigenvalue weighted by Crippen LogP contribution is 2.25. The molecule has 1 heteroatoms. The van der Waals surface area contributed by atoms with Gasteiger partial charge in [0, 0.05) is 0 Å². The summed E-state index contributed by atoms with van der Waals surface area (Å²) in [6.45, 7) is 6.88. The van der Waals surface area contributed by atoms with Crippen LogP contribution in [0.2, 0.25) is 0 Å². The molecule has 0 rings (SSSR count). The van der Waals surface area contributed by atoms with Crippen LogP contribution in [0.1, 0.15) is 226 Å². The molecule has 0 aromatic carbocycles. The monoisotopic (exact) mass is 563 g/mol. The van der Waals surface area contributed by atoms with Gasteiger partial charge in [-0.3, -0.25) is 0 Å². The number of hydrogen-bond donors (Lipinski definition) is 1. The van der Waals surface area contributed by atoms with Gasteiger partial charge in [0.1, 0.15) is 0 Å². The standard InChI is InChI=1S/C39H78O/c1-4-7-10-13-16-18-20-22-24-27-30-33-36-38(35-32-29-26-15-12-9-6-3)39(40)37-34-31-28-25-23-21-19-17-14-11-8-5-2/h26,29,38-40H,4-25,27-28,30-37H2,1-3H3/b29-26-. The van der Waals surface area contributed by atoms with Crippen molar-refractivity contribution in [2.75, 3.05) is 0 Å². The van der Waals surface area contributed by atoms with Crippen molar-refractivity contribution < 1.29 is 5.11 Å². The minimum absolute atomic E-state index is 0.0793. The van der Waals surface area contributed by atoms with Gasteiger partial charge in [0.2, 0.25) is 0 Å². The molecular weight excluding hydrogens is 484 g/mol. The van der Waals surface area contributed by atoms with E-state index in [0.29, 0.717) is 5.92 Å². The lowest BCUT2D eigenvalue weighted by molar-refractivity contribution is 0.0850. The second-order valence-electron chi connectivity index (χ2n) is 13.2. The molecule has 0 aliphatic rings. The molecule has 0 aromatic heterocycles. The fourth-order valence-corrected chi connectivity index (χ4v) is 6.26. The number of hydrogen-bond acceptors (Lipinski definition) is 1. The third-order valence-electron chi connectivity index (χ3n) is 9.17. The van der Waals surface area contributed by atoms with Crippen LogP contribution in [0.5, 0.6) is 0 Å². The van der Waals surface area contributed by atoms with Gasteiger partial charge >= 0.3 is 0 Å². The molecule has 40 heavy (non-hydrogen) atoms. The van der Waals surface area contributed by atoms with Crippen molar-refractivity contribution in [3.05, 3.63) is 12.2 Å². The van der Waals surface area contributed by atoms with Gasteiger partial charge in [-0.25, -0.2) is 0 Å². The van der Waals surface area contributed by atoms with E-state index in [1.54, 1.807) is 0 Å². The largest absolute Gasteiger partial charge is 0.393 e. The fourth-order valence-electron chi connectivity index (χ4n) is 6.26. The van der Waals surface area contributed by atoms with E-state index in [-0.39, 0.29) is 6.10 Å². The summed E-state index contributed by atoms with van der Waals surface area (Å²) in [6.07, 6.45) is 48.2. The van der Waals surface area contributed by atoms with Crippen molar-refractivity contribution in [1.29, 1.82) is 0 Å². The predicted molar refractivity (Wildman–Crippen MR) is 183 cm³/mol. The zero-order valence-corrected chi connectivity index (χ0v) is 28.4. The van der Waals surface area contributed by atoms with Crippen molar-refractivity contribution in [2.24, 2.45) is 5.92 Å². The van der Waals surface area contributed by atoms with E-state index in [0.717, 1.165) is 12.8 Å². The topological polar surface area (TPSA) is 20.2 Å². The highest BCUT2D eigenvalue weighted by molar-refractivity contribution is 4.83. The molecule has 0 amide bonds. The zero-order chi connectivity index (χ0) is 29.2. The van der Waals surface area contributed by atoms with Crippen molar-refractivity contribution in [3.8, 4) is 0 Å². The molecule has 240 valence electrons. The Hall–Kier alpha value is -0.300. The number of rotatable bonds is 34. The molecule has 0 bridgehead atoms. The van der Waals surface area contributed by atoms with Crippen LogP contribution in [0.15, 0.2) is 12.2 Å². The molecule has 0 aromatic rings. The lowest BCUT2D eigenvalue weighted by Crippen LogP contribution is -2.20. The van der Waals surface area contributed by atoms with Gasteiger partial charge in [-0.15, -0.1) is 0 Å². The number of allylic oxidation sites excluding steroid dienone is 2. The first-order valence-corrected chi connectivity index (χ1v) is 19.1. The second-order valence-corrected chi connectivity index (χ2v) is 13.2. The zero-order valence-electron chi connectivity index (χ0n) is 28.4. The van der Waals surface area contributed by atoms with Crippen LogP contribution in [0.4, 0.5) is 0 Å². The van der Waals surface area contributed by atoms with Gasteiger partial charge in [0.15, 0.2) is 0 Å². The summed E-state index contributed by atoms with van der Waals surface area (Å²) >= 11 is 0.